The van der Waals surface area contributed by atoms with Crippen molar-refractivity contribution in [3.05, 3.63) is 0 Å². The Morgan fingerprint density at radius 1 is 0.682 bits per heavy atom. The van der Waals surface area contributed by atoms with E-state index in [1.54, 1.807) is 6.92 Å². The SMILES string of the molecule is CCCCN=C=O.CCCN=C=O.CCN=C=O.CN=C=O. The number of hydrogen-bond acceptors (Lipinski definition) is 8. The van der Waals surface area contributed by atoms with Crippen molar-refractivity contribution in [2.45, 2.75) is 40.0 Å². The van der Waals surface area contributed by atoms with Crippen molar-refractivity contribution in [1.82, 2.24) is 0 Å². The first-order valence-electron chi connectivity index (χ1n) is 6.73. The first kappa shape index (κ1) is 27.8. The second kappa shape index (κ2) is 42.8. The number of aliphatic imine (C=N–C) groups is 4. The molecule has 0 aromatic carbocycles. The summed E-state index contributed by atoms with van der Waals surface area (Å²) < 4.78 is 0. The van der Waals surface area contributed by atoms with Crippen molar-refractivity contribution in [1.29, 1.82) is 0 Å². The Bertz CT molecular complexity index is 388. The van der Waals surface area contributed by atoms with Crippen LogP contribution in [0.2, 0.25) is 0 Å². The van der Waals surface area contributed by atoms with Gasteiger partial charge in [0.1, 0.15) is 0 Å². The van der Waals surface area contributed by atoms with E-state index in [9.17, 15) is 9.59 Å². The summed E-state index contributed by atoms with van der Waals surface area (Å²) in [6.07, 6.45) is 8.63. The zero-order valence-electron chi connectivity index (χ0n) is 13.7. The van der Waals surface area contributed by atoms with Crippen LogP contribution in [0.5, 0.6) is 0 Å². The summed E-state index contributed by atoms with van der Waals surface area (Å²) in [5, 5.41) is 0. The largest absolute Gasteiger partial charge is 0.234 e. The fourth-order valence-electron chi connectivity index (χ4n) is 0.505. The zero-order valence-corrected chi connectivity index (χ0v) is 13.7. The molecule has 22 heavy (non-hydrogen) atoms. The van der Waals surface area contributed by atoms with Gasteiger partial charge in [0.15, 0.2) is 0 Å². The molecule has 0 radical (unpaired) electrons. The van der Waals surface area contributed by atoms with Crippen LogP contribution in [0.1, 0.15) is 40.0 Å². The fourth-order valence-corrected chi connectivity index (χ4v) is 0.505. The molecule has 0 bridgehead atoms. The number of rotatable bonds is 6. The summed E-state index contributed by atoms with van der Waals surface area (Å²) in [6, 6.07) is 0. The van der Waals surface area contributed by atoms with Crippen LogP contribution in [-0.4, -0.2) is 51.0 Å². The van der Waals surface area contributed by atoms with Gasteiger partial charge < -0.3 is 0 Å². The number of hydrogen-bond donors (Lipinski definition) is 0. The van der Waals surface area contributed by atoms with Crippen LogP contribution in [0.4, 0.5) is 0 Å². The lowest BCUT2D eigenvalue weighted by Crippen LogP contribution is -1.74. The lowest BCUT2D eigenvalue weighted by Gasteiger charge is -1.80. The molecule has 0 N–H and O–H groups in total. The minimum absolute atomic E-state index is 0.545. The summed E-state index contributed by atoms with van der Waals surface area (Å²) in [4.78, 5) is 49.4. The summed E-state index contributed by atoms with van der Waals surface area (Å²) in [5.41, 5.74) is 0. The minimum Gasteiger partial charge on any atom is -0.211 e. The van der Waals surface area contributed by atoms with Crippen molar-refractivity contribution in [2.75, 3.05) is 26.7 Å². The van der Waals surface area contributed by atoms with Crippen LogP contribution < -0.4 is 0 Å². The van der Waals surface area contributed by atoms with Gasteiger partial charge in [0.05, 0.1) is 13.1 Å². The highest BCUT2D eigenvalue weighted by atomic mass is 16.1. The van der Waals surface area contributed by atoms with Crippen molar-refractivity contribution in [2.24, 2.45) is 20.0 Å². The Kier molecular flexibility index (Phi) is 54.1. The summed E-state index contributed by atoms with van der Waals surface area (Å²) in [7, 11) is 1.38. The van der Waals surface area contributed by atoms with Gasteiger partial charge >= 0.3 is 0 Å². The summed E-state index contributed by atoms with van der Waals surface area (Å²) >= 11 is 0. The topological polar surface area (TPSA) is 118 Å². The van der Waals surface area contributed by atoms with E-state index < -0.39 is 0 Å². The van der Waals surface area contributed by atoms with Gasteiger partial charge in [-0.05, 0) is 19.8 Å². The monoisotopic (exact) mass is 312 g/mol. The third-order valence-electron chi connectivity index (χ3n) is 1.40. The lowest BCUT2D eigenvalue weighted by atomic mass is 10.3. The van der Waals surface area contributed by atoms with Crippen molar-refractivity contribution in [3.63, 3.8) is 0 Å². The smallest absolute Gasteiger partial charge is 0.211 e. The van der Waals surface area contributed by atoms with E-state index >= 15 is 0 Å². The molecular formula is C14H24N4O4. The van der Waals surface area contributed by atoms with Crippen molar-refractivity contribution in [3.8, 4) is 0 Å². The van der Waals surface area contributed by atoms with E-state index in [4.69, 9.17) is 9.59 Å². The predicted octanol–water partition coefficient (Wildman–Crippen LogP) is 2.15. The highest BCUT2D eigenvalue weighted by Gasteiger charge is 1.74. The molecule has 0 atom stereocenters. The van der Waals surface area contributed by atoms with Crippen LogP contribution >= 0.6 is 0 Å². The van der Waals surface area contributed by atoms with Gasteiger partial charge in [-0.1, -0.05) is 20.3 Å². The summed E-state index contributed by atoms with van der Waals surface area (Å²) in [5.74, 6) is 0. The van der Waals surface area contributed by atoms with E-state index in [0.717, 1.165) is 19.3 Å². The molecule has 0 aliphatic rings. The molecule has 8 nitrogen and oxygen atoms in total. The van der Waals surface area contributed by atoms with Crippen LogP contribution in [-0.2, 0) is 19.2 Å². The van der Waals surface area contributed by atoms with Gasteiger partial charge in [-0.2, -0.15) is 0 Å². The Balaban J connectivity index is -0.000000100. The third-order valence-corrected chi connectivity index (χ3v) is 1.40. The average Bonchev–Trinajstić information content (AvgIpc) is 2.55. The first-order valence-corrected chi connectivity index (χ1v) is 6.73. The van der Waals surface area contributed by atoms with Gasteiger partial charge in [0.2, 0.25) is 24.3 Å². The Morgan fingerprint density at radius 2 is 1.14 bits per heavy atom. The van der Waals surface area contributed by atoms with Crippen LogP contribution in [0, 0.1) is 0 Å². The van der Waals surface area contributed by atoms with Gasteiger partial charge in [0.25, 0.3) is 0 Å². The fraction of sp³-hybridized carbons (Fsp3) is 0.714. The van der Waals surface area contributed by atoms with Crippen molar-refractivity contribution < 1.29 is 19.2 Å². The predicted molar refractivity (Wildman–Crippen MR) is 83.9 cm³/mol. The van der Waals surface area contributed by atoms with Crippen LogP contribution in [0.3, 0.4) is 0 Å². The molecule has 0 aromatic rings. The molecule has 0 spiro atoms. The number of nitrogens with zero attached hydrogens (tertiary/aromatic N) is 4. The van der Waals surface area contributed by atoms with Crippen molar-refractivity contribution >= 4 is 24.3 Å². The molecule has 0 saturated carbocycles. The quantitative estimate of drug-likeness (QED) is 0.424. The minimum atomic E-state index is 0.545. The van der Waals surface area contributed by atoms with Gasteiger partial charge in [-0.25, -0.2) is 39.1 Å². The molecule has 0 fully saturated rings. The summed E-state index contributed by atoms with van der Waals surface area (Å²) in [6.45, 7) is 7.60. The molecular weight excluding hydrogens is 288 g/mol. The molecule has 0 rings (SSSR count). The first-order chi connectivity index (χ1) is 10.7. The van der Waals surface area contributed by atoms with Gasteiger partial charge in [-0.15, -0.1) is 0 Å². The third kappa shape index (κ3) is 84.6. The maximum absolute atomic E-state index is 9.39. The normalized spacial score (nSPS) is 6.36. The second-order valence-electron chi connectivity index (χ2n) is 3.18. The van der Waals surface area contributed by atoms with E-state index in [-0.39, 0.29) is 0 Å². The Hall–Kier alpha value is -2.48. The maximum atomic E-state index is 9.39. The standard InChI is InChI=1S/C5H9NO.C4H7NO.C3H5NO.C2H3NO/c1-2-3-4-6-5-7;1-2-3-5-4-6;1-2-4-3-5;1-3-2-4/h2-4H2,1H3;2-3H2,1H3;2H2,1H3;1H3. The van der Waals surface area contributed by atoms with E-state index in [1.165, 1.54) is 31.4 Å². The maximum Gasteiger partial charge on any atom is 0.234 e. The van der Waals surface area contributed by atoms with E-state index in [0.29, 0.717) is 19.6 Å². The van der Waals surface area contributed by atoms with Crippen LogP contribution in [0.25, 0.3) is 0 Å². The van der Waals surface area contributed by atoms with Gasteiger partial charge in [-0.3, -0.25) is 0 Å². The molecule has 0 aliphatic heterocycles. The molecule has 0 saturated heterocycles. The molecule has 0 aliphatic carbocycles. The average molecular weight is 312 g/mol. The molecule has 0 amide bonds. The second-order valence-corrected chi connectivity index (χ2v) is 3.18. The molecule has 124 valence electrons. The number of unbranched alkanes of at least 4 members (excludes halogenated alkanes) is 1. The zero-order chi connectivity index (χ0) is 17.9. The van der Waals surface area contributed by atoms with Gasteiger partial charge in [0, 0.05) is 13.6 Å². The van der Waals surface area contributed by atoms with Crippen LogP contribution in [0.15, 0.2) is 20.0 Å². The highest BCUT2D eigenvalue weighted by Crippen LogP contribution is 1.83. The molecule has 0 aromatic heterocycles. The highest BCUT2D eigenvalue weighted by molar-refractivity contribution is 5.33. The lowest BCUT2D eigenvalue weighted by molar-refractivity contribution is 0.561. The number of isocyanates is 4. The molecule has 0 unspecified atom stereocenters. The molecule has 8 heteroatoms. The molecule has 0 heterocycles. The van der Waals surface area contributed by atoms with E-state index in [1.807, 2.05) is 6.92 Å². The number of carbonyl (C=O) groups excluding carboxylic acids is 4. The van der Waals surface area contributed by atoms with E-state index in [2.05, 4.69) is 26.9 Å². The Labute approximate surface area is 131 Å². The Morgan fingerprint density at radius 3 is 1.32 bits per heavy atom.